The maximum absolute atomic E-state index is 13.0. The molecule has 0 radical (unpaired) electrons. The molecule has 1 fully saturated rings. The number of benzene rings is 2. The highest BCUT2D eigenvalue weighted by molar-refractivity contribution is 5.96. The zero-order valence-corrected chi connectivity index (χ0v) is 17.2. The van der Waals surface area contributed by atoms with Crippen molar-refractivity contribution in [3.63, 3.8) is 0 Å². The van der Waals surface area contributed by atoms with Crippen LogP contribution in [0.3, 0.4) is 0 Å². The first-order chi connectivity index (χ1) is 14.0. The van der Waals surface area contributed by atoms with Gasteiger partial charge in [-0.3, -0.25) is 4.79 Å². The van der Waals surface area contributed by atoms with Crippen molar-refractivity contribution in [3.8, 4) is 11.5 Å². The van der Waals surface area contributed by atoms with Gasteiger partial charge >= 0.3 is 6.03 Å². The Kier molecular flexibility index (Phi) is 6.26. The summed E-state index contributed by atoms with van der Waals surface area (Å²) < 4.78 is 10.9. The molecule has 1 atom stereocenters. The van der Waals surface area contributed by atoms with Gasteiger partial charge in [0.05, 0.1) is 20.3 Å². The van der Waals surface area contributed by atoms with Crippen LogP contribution in [0.4, 0.5) is 10.5 Å². The zero-order valence-electron chi connectivity index (χ0n) is 17.2. The van der Waals surface area contributed by atoms with Crippen molar-refractivity contribution in [1.29, 1.82) is 0 Å². The van der Waals surface area contributed by atoms with Crippen molar-refractivity contribution in [2.75, 3.05) is 33.1 Å². The number of nitrogens with zero attached hydrogens (tertiary/aromatic N) is 1. The summed E-state index contributed by atoms with van der Waals surface area (Å²) in [6.07, 6.45) is 1.76. The van der Waals surface area contributed by atoms with Crippen molar-refractivity contribution in [2.45, 2.75) is 25.8 Å². The fourth-order valence-electron chi connectivity index (χ4n) is 3.71. The van der Waals surface area contributed by atoms with Gasteiger partial charge in [0.1, 0.15) is 11.5 Å². The summed E-state index contributed by atoms with van der Waals surface area (Å²) in [5, 5.41) is 5.59. The highest BCUT2D eigenvalue weighted by atomic mass is 16.5. The lowest BCUT2D eigenvalue weighted by Crippen LogP contribution is -2.34. The normalized spacial score (nSPS) is 15.7. The molecule has 7 nitrogen and oxygen atoms in total. The number of hydrogen-bond acceptors (Lipinski definition) is 4. The van der Waals surface area contributed by atoms with Gasteiger partial charge in [-0.2, -0.15) is 0 Å². The maximum Gasteiger partial charge on any atom is 0.322 e. The van der Waals surface area contributed by atoms with Gasteiger partial charge in [-0.25, -0.2) is 4.79 Å². The molecule has 0 aliphatic carbocycles. The number of carbonyl (C=O) groups excluding carboxylic acids is 2. The number of methoxy groups -OCH3 is 2. The van der Waals surface area contributed by atoms with E-state index in [0.717, 1.165) is 35.5 Å². The van der Waals surface area contributed by atoms with Crippen molar-refractivity contribution in [3.05, 3.63) is 53.1 Å². The number of anilines is 1. The number of ether oxygens (including phenoxy) is 2. The van der Waals surface area contributed by atoms with Crippen LogP contribution in [0.5, 0.6) is 11.5 Å². The number of carbonyl (C=O) groups is 2. The van der Waals surface area contributed by atoms with E-state index in [-0.39, 0.29) is 18.0 Å². The Labute approximate surface area is 171 Å². The minimum Gasteiger partial charge on any atom is -0.497 e. The summed E-state index contributed by atoms with van der Waals surface area (Å²) in [6, 6.07) is 10.6. The van der Waals surface area contributed by atoms with Gasteiger partial charge < -0.3 is 25.0 Å². The number of aryl methyl sites for hydroxylation is 1. The Balaban J connectivity index is 1.82. The quantitative estimate of drug-likeness (QED) is 0.805. The largest absolute Gasteiger partial charge is 0.497 e. The van der Waals surface area contributed by atoms with Crippen LogP contribution in [0.25, 0.3) is 0 Å². The number of amides is 3. The molecule has 2 N–H and O–H groups in total. The van der Waals surface area contributed by atoms with Crippen molar-refractivity contribution < 1.29 is 19.1 Å². The molecule has 2 aromatic carbocycles. The van der Waals surface area contributed by atoms with Crippen molar-refractivity contribution in [2.24, 2.45) is 0 Å². The summed E-state index contributed by atoms with van der Waals surface area (Å²) in [5.41, 5.74) is 3.01. The van der Waals surface area contributed by atoms with Gasteiger partial charge in [0, 0.05) is 30.4 Å². The van der Waals surface area contributed by atoms with Crippen molar-refractivity contribution in [1.82, 2.24) is 10.2 Å². The molecule has 2 aromatic rings. The summed E-state index contributed by atoms with van der Waals surface area (Å²) in [5.74, 6) is 1.31. The van der Waals surface area contributed by atoms with Gasteiger partial charge in [-0.15, -0.1) is 0 Å². The standard InChI is InChI=1S/C22H27N3O4/c1-14-12-15(21(26)23-2)7-9-18(14)24-22(27)25-11-5-6-19(25)17-13-16(28-3)8-10-20(17)29-4/h7-10,12-13,19H,5-6,11H2,1-4H3,(H,23,26)(H,24,27). The molecule has 29 heavy (non-hydrogen) atoms. The lowest BCUT2D eigenvalue weighted by Gasteiger charge is -2.27. The number of likely N-dealkylation sites (tertiary alicyclic amines) is 1. The van der Waals surface area contributed by atoms with Gasteiger partial charge in [0.2, 0.25) is 0 Å². The Morgan fingerprint density at radius 1 is 1.10 bits per heavy atom. The molecule has 1 unspecified atom stereocenters. The van der Waals surface area contributed by atoms with E-state index in [1.54, 1.807) is 39.5 Å². The third-order valence-corrected chi connectivity index (χ3v) is 5.27. The topological polar surface area (TPSA) is 79.9 Å². The SMILES string of the molecule is CNC(=O)c1ccc(NC(=O)N2CCCC2c2cc(OC)ccc2OC)c(C)c1. The molecule has 7 heteroatoms. The third kappa shape index (κ3) is 4.29. The first-order valence-electron chi connectivity index (χ1n) is 9.60. The van der Waals surface area contributed by atoms with E-state index in [1.165, 1.54) is 0 Å². The molecule has 1 aliphatic rings. The van der Waals surface area contributed by atoms with Crippen LogP contribution in [-0.2, 0) is 0 Å². The van der Waals surface area contributed by atoms with E-state index < -0.39 is 0 Å². The molecular weight excluding hydrogens is 370 g/mol. The lowest BCUT2D eigenvalue weighted by molar-refractivity contribution is 0.0963. The predicted molar refractivity (Wildman–Crippen MR) is 112 cm³/mol. The van der Waals surface area contributed by atoms with Gasteiger partial charge in [0.15, 0.2) is 0 Å². The van der Waals surface area contributed by atoms with Gasteiger partial charge in [0.25, 0.3) is 5.91 Å². The maximum atomic E-state index is 13.0. The van der Waals surface area contributed by atoms with E-state index in [2.05, 4.69) is 10.6 Å². The van der Waals surface area contributed by atoms with Crippen LogP contribution < -0.4 is 20.1 Å². The molecule has 0 spiro atoms. The van der Waals surface area contributed by atoms with E-state index in [1.807, 2.05) is 30.0 Å². The second-order valence-electron chi connectivity index (χ2n) is 7.00. The van der Waals surface area contributed by atoms with Crippen LogP contribution in [-0.4, -0.2) is 44.7 Å². The summed E-state index contributed by atoms with van der Waals surface area (Å²) in [6.45, 7) is 2.53. The van der Waals surface area contributed by atoms with Gasteiger partial charge in [-0.1, -0.05) is 0 Å². The van der Waals surface area contributed by atoms with Crippen LogP contribution in [0, 0.1) is 6.92 Å². The molecule has 0 aromatic heterocycles. The highest BCUT2D eigenvalue weighted by Gasteiger charge is 2.32. The summed E-state index contributed by atoms with van der Waals surface area (Å²) >= 11 is 0. The molecule has 3 rings (SSSR count). The van der Waals surface area contributed by atoms with E-state index >= 15 is 0 Å². The van der Waals surface area contributed by atoms with Crippen LogP contribution in [0.15, 0.2) is 36.4 Å². The fourth-order valence-corrected chi connectivity index (χ4v) is 3.71. The minimum absolute atomic E-state index is 0.0921. The fraction of sp³-hybridized carbons (Fsp3) is 0.364. The van der Waals surface area contributed by atoms with Crippen LogP contribution >= 0.6 is 0 Å². The van der Waals surface area contributed by atoms with Crippen LogP contribution in [0.2, 0.25) is 0 Å². The van der Waals surface area contributed by atoms with E-state index in [9.17, 15) is 9.59 Å². The highest BCUT2D eigenvalue weighted by Crippen LogP contribution is 2.39. The number of nitrogens with one attached hydrogen (secondary N) is 2. The summed E-state index contributed by atoms with van der Waals surface area (Å²) in [7, 11) is 4.84. The third-order valence-electron chi connectivity index (χ3n) is 5.27. The lowest BCUT2D eigenvalue weighted by atomic mass is 10.0. The molecule has 0 bridgehead atoms. The minimum atomic E-state index is -0.173. The Morgan fingerprint density at radius 3 is 2.55 bits per heavy atom. The van der Waals surface area contributed by atoms with E-state index in [4.69, 9.17) is 9.47 Å². The smallest absolute Gasteiger partial charge is 0.322 e. The molecule has 154 valence electrons. The molecule has 1 aliphatic heterocycles. The van der Waals surface area contributed by atoms with Gasteiger partial charge in [-0.05, 0) is 61.7 Å². The van der Waals surface area contributed by atoms with E-state index in [0.29, 0.717) is 17.8 Å². The van der Waals surface area contributed by atoms with Crippen LogP contribution in [0.1, 0.15) is 40.4 Å². The first-order valence-corrected chi connectivity index (χ1v) is 9.60. The average molecular weight is 397 g/mol. The molecular formula is C22H27N3O4. The second kappa shape index (κ2) is 8.86. The molecule has 0 saturated carbocycles. The Hall–Kier alpha value is -3.22. The zero-order chi connectivity index (χ0) is 21.0. The first kappa shape index (κ1) is 20.5. The monoisotopic (exact) mass is 397 g/mol. The predicted octanol–water partition coefficient (Wildman–Crippen LogP) is 3.74. The molecule has 3 amide bonds. The Bertz CT molecular complexity index is 913. The van der Waals surface area contributed by atoms with Crippen molar-refractivity contribution >= 4 is 17.6 Å². The summed E-state index contributed by atoms with van der Waals surface area (Å²) in [4.78, 5) is 26.7. The number of rotatable bonds is 5. The average Bonchev–Trinajstić information content (AvgIpc) is 3.23. The number of urea groups is 1. The molecule has 1 heterocycles. The second-order valence-corrected chi connectivity index (χ2v) is 7.00. The molecule has 1 saturated heterocycles. The number of hydrogen-bond donors (Lipinski definition) is 2. The Morgan fingerprint density at radius 2 is 1.90 bits per heavy atom.